The van der Waals surface area contributed by atoms with Crippen molar-refractivity contribution in [2.45, 2.75) is 71.1 Å². The third kappa shape index (κ3) is 5.32. The molecule has 0 saturated carbocycles. The smallest absolute Gasteiger partial charge is 0.0674 e. The van der Waals surface area contributed by atoms with Crippen molar-refractivity contribution in [3.05, 3.63) is 0 Å². The first-order chi connectivity index (χ1) is 9.56. The molecule has 0 spiro atoms. The predicted molar refractivity (Wildman–Crippen MR) is 84.1 cm³/mol. The second-order valence-electron chi connectivity index (χ2n) is 6.31. The Labute approximate surface area is 124 Å². The second kappa shape index (κ2) is 8.98. The molecular formula is C16H34N2O2. The van der Waals surface area contributed by atoms with E-state index >= 15 is 0 Å². The first-order valence-corrected chi connectivity index (χ1v) is 8.28. The zero-order valence-corrected chi connectivity index (χ0v) is 13.8. The fourth-order valence-electron chi connectivity index (χ4n) is 2.93. The molecule has 0 amide bonds. The molecule has 1 fully saturated rings. The highest BCUT2D eigenvalue weighted by molar-refractivity contribution is 4.87. The Morgan fingerprint density at radius 2 is 2.10 bits per heavy atom. The van der Waals surface area contributed by atoms with Gasteiger partial charge in [0.05, 0.1) is 19.3 Å². The van der Waals surface area contributed by atoms with E-state index in [4.69, 9.17) is 4.74 Å². The van der Waals surface area contributed by atoms with Gasteiger partial charge < -0.3 is 15.2 Å². The quantitative estimate of drug-likeness (QED) is 0.681. The fourth-order valence-corrected chi connectivity index (χ4v) is 2.93. The Hall–Kier alpha value is -0.160. The van der Waals surface area contributed by atoms with Crippen LogP contribution in [-0.2, 0) is 4.74 Å². The molecule has 0 aromatic rings. The third-order valence-electron chi connectivity index (χ3n) is 4.57. The van der Waals surface area contributed by atoms with Crippen LogP contribution in [0.5, 0.6) is 0 Å². The number of aliphatic hydroxyl groups excluding tert-OH is 1. The molecule has 0 aromatic heterocycles. The fraction of sp³-hybridized carbons (Fsp3) is 1.00. The summed E-state index contributed by atoms with van der Waals surface area (Å²) in [5, 5.41) is 13.3. The summed E-state index contributed by atoms with van der Waals surface area (Å²) in [7, 11) is 0. The van der Waals surface area contributed by atoms with Gasteiger partial charge in [-0.25, -0.2) is 0 Å². The van der Waals surface area contributed by atoms with Crippen molar-refractivity contribution >= 4 is 0 Å². The molecule has 1 rings (SSSR count). The van der Waals surface area contributed by atoms with Gasteiger partial charge in [-0.2, -0.15) is 0 Å². The maximum Gasteiger partial charge on any atom is 0.0674 e. The van der Waals surface area contributed by atoms with Crippen LogP contribution in [0, 0.1) is 0 Å². The minimum atomic E-state index is -0.0862. The van der Waals surface area contributed by atoms with Crippen LogP contribution < -0.4 is 5.32 Å². The van der Waals surface area contributed by atoms with Crippen molar-refractivity contribution in [3.63, 3.8) is 0 Å². The first kappa shape index (κ1) is 17.9. The highest BCUT2D eigenvalue weighted by Crippen LogP contribution is 2.19. The molecule has 4 heteroatoms. The van der Waals surface area contributed by atoms with E-state index in [-0.39, 0.29) is 12.1 Å². The van der Waals surface area contributed by atoms with Crippen LogP contribution in [0.1, 0.15) is 53.4 Å². The molecule has 120 valence electrons. The van der Waals surface area contributed by atoms with Gasteiger partial charge in [-0.05, 0) is 52.6 Å². The summed E-state index contributed by atoms with van der Waals surface area (Å²) in [5.41, 5.74) is -0.0862. The first-order valence-electron chi connectivity index (χ1n) is 8.28. The van der Waals surface area contributed by atoms with Crippen molar-refractivity contribution in [1.82, 2.24) is 10.2 Å². The van der Waals surface area contributed by atoms with Crippen LogP contribution in [0.2, 0.25) is 0 Å². The summed E-state index contributed by atoms with van der Waals surface area (Å²) in [4.78, 5) is 2.52. The molecule has 0 aliphatic carbocycles. The summed E-state index contributed by atoms with van der Waals surface area (Å²) < 4.78 is 5.67. The van der Waals surface area contributed by atoms with Gasteiger partial charge in [0.15, 0.2) is 0 Å². The number of hydrogen-bond donors (Lipinski definition) is 2. The van der Waals surface area contributed by atoms with Crippen molar-refractivity contribution in [2.75, 3.05) is 32.8 Å². The second-order valence-corrected chi connectivity index (χ2v) is 6.31. The van der Waals surface area contributed by atoms with Crippen molar-refractivity contribution in [1.29, 1.82) is 0 Å². The molecule has 1 heterocycles. The monoisotopic (exact) mass is 286 g/mol. The molecule has 2 N–H and O–H groups in total. The van der Waals surface area contributed by atoms with E-state index < -0.39 is 0 Å². The molecule has 1 saturated heterocycles. The Bertz CT molecular complexity index is 257. The topological polar surface area (TPSA) is 44.7 Å². The number of ether oxygens (including phenoxy) is 1. The highest BCUT2D eigenvalue weighted by Gasteiger charge is 2.27. The van der Waals surface area contributed by atoms with Crippen LogP contribution in [0.15, 0.2) is 0 Å². The lowest BCUT2D eigenvalue weighted by molar-refractivity contribution is -0.0504. The Morgan fingerprint density at radius 3 is 2.70 bits per heavy atom. The van der Waals surface area contributed by atoms with E-state index in [0.29, 0.717) is 12.1 Å². The lowest BCUT2D eigenvalue weighted by Crippen LogP contribution is -2.50. The molecular weight excluding hydrogens is 252 g/mol. The summed E-state index contributed by atoms with van der Waals surface area (Å²) >= 11 is 0. The summed E-state index contributed by atoms with van der Waals surface area (Å²) in [6.07, 6.45) is 4.61. The van der Waals surface area contributed by atoms with Crippen molar-refractivity contribution in [2.24, 2.45) is 0 Å². The Kier molecular flexibility index (Phi) is 8.03. The molecule has 1 aliphatic rings. The summed E-state index contributed by atoms with van der Waals surface area (Å²) in [5.74, 6) is 0. The SMILES string of the molecule is CCCNC(CC)(CO)CCCN1CC(C)OCC1C. The average molecular weight is 286 g/mol. The minimum absolute atomic E-state index is 0.0862. The zero-order valence-electron chi connectivity index (χ0n) is 13.8. The molecule has 0 bridgehead atoms. The standard InChI is InChI=1S/C16H34N2O2/c1-5-9-17-16(6-2,13-19)8-7-10-18-11-15(4)20-12-14(18)3/h14-15,17,19H,5-13H2,1-4H3. The van der Waals surface area contributed by atoms with Gasteiger partial charge in [0, 0.05) is 18.1 Å². The number of nitrogens with one attached hydrogen (secondary N) is 1. The Morgan fingerprint density at radius 1 is 1.35 bits per heavy atom. The maximum absolute atomic E-state index is 9.74. The van der Waals surface area contributed by atoms with Gasteiger partial charge in [-0.15, -0.1) is 0 Å². The normalized spacial score (nSPS) is 27.4. The predicted octanol–water partition coefficient (Wildman–Crippen LogP) is 2.02. The largest absolute Gasteiger partial charge is 0.394 e. The van der Waals surface area contributed by atoms with Crippen molar-refractivity contribution in [3.8, 4) is 0 Å². The van der Waals surface area contributed by atoms with E-state index in [0.717, 1.165) is 51.9 Å². The van der Waals surface area contributed by atoms with E-state index in [9.17, 15) is 5.11 Å². The van der Waals surface area contributed by atoms with Gasteiger partial charge >= 0.3 is 0 Å². The molecule has 4 nitrogen and oxygen atoms in total. The average Bonchev–Trinajstić information content (AvgIpc) is 2.46. The number of rotatable bonds is 9. The third-order valence-corrected chi connectivity index (χ3v) is 4.57. The highest BCUT2D eigenvalue weighted by atomic mass is 16.5. The molecule has 0 aromatic carbocycles. The number of hydrogen-bond acceptors (Lipinski definition) is 4. The minimum Gasteiger partial charge on any atom is -0.394 e. The van der Waals surface area contributed by atoms with Crippen LogP contribution in [0.25, 0.3) is 0 Å². The zero-order chi connectivity index (χ0) is 15.0. The van der Waals surface area contributed by atoms with Gasteiger partial charge in [0.1, 0.15) is 0 Å². The van der Waals surface area contributed by atoms with Gasteiger partial charge in [-0.1, -0.05) is 13.8 Å². The van der Waals surface area contributed by atoms with Crippen LogP contribution in [0.3, 0.4) is 0 Å². The summed E-state index contributed by atoms with van der Waals surface area (Å²) in [6.45, 7) is 12.9. The molecule has 3 atom stereocenters. The van der Waals surface area contributed by atoms with E-state index in [1.165, 1.54) is 0 Å². The number of nitrogens with zero attached hydrogens (tertiary/aromatic N) is 1. The van der Waals surface area contributed by atoms with E-state index in [1.807, 2.05) is 0 Å². The van der Waals surface area contributed by atoms with Gasteiger partial charge in [0.25, 0.3) is 0 Å². The van der Waals surface area contributed by atoms with Crippen LogP contribution in [-0.4, -0.2) is 60.5 Å². The summed E-state index contributed by atoms with van der Waals surface area (Å²) in [6, 6.07) is 0.514. The van der Waals surface area contributed by atoms with E-state index in [2.05, 4.69) is 37.9 Å². The lowest BCUT2D eigenvalue weighted by atomic mass is 9.90. The van der Waals surface area contributed by atoms with E-state index in [1.54, 1.807) is 0 Å². The molecule has 0 radical (unpaired) electrons. The van der Waals surface area contributed by atoms with Crippen LogP contribution in [0.4, 0.5) is 0 Å². The molecule has 1 aliphatic heterocycles. The van der Waals surface area contributed by atoms with Crippen LogP contribution >= 0.6 is 0 Å². The lowest BCUT2D eigenvalue weighted by Gasteiger charge is -2.38. The maximum atomic E-state index is 9.74. The number of aliphatic hydroxyl groups is 1. The Balaban J connectivity index is 2.39. The van der Waals surface area contributed by atoms with Crippen molar-refractivity contribution < 1.29 is 9.84 Å². The van der Waals surface area contributed by atoms with Gasteiger partial charge in [0.2, 0.25) is 0 Å². The van der Waals surface area contributed by atoms with Gasteiger partial charge in [-0.3, -0.25) is 4.90 Å². The molecule has 3 unspecified atom stereocenters. The number of morpholine rings is 1. The molecule has 20 heavy (non-hydrogen) atoms.